The highest BCUT2D eigenvalue weighted by atomic mass is 32.1. The van der Waals surface area contributed by atoms with Crippen molar-refractivity contribution in [3.05, 3.63) is 16.1 Å². The van der Waals surface area contributed by atoms with E-state index in [4.69, 9.17) is 0 Å². The molecule has 1 heterocycles. The van der Waals surface area contributed by atoms with E-state index in [0.717, 1.165) is 17.5 Å². The number of thiazole rings is 1. The Morgan fingerprint density at radius 1 is 1.44 bits per heavy atom. The third-order valence-corrected chi connectivity index (χ3v) is 5.73. The lowest BCUT2D eigenvalue weighted by molar-refractivity contribution is -0.142. The Hall–Kier alpha value is -0.900. The van der Waals surface area contributed by atoms with E-state index in [9.17, 15) is 9.90 Å². The van der Waals surface area contributed by atoms with E-state index < -0.39 is 11.4 Å². The average molecular weight is 265 g/mol. The molecule has 1 N–H and O–H groups in total. The zero-order valence-corrected chi connectivity index (χ0v) is 11.7. The standard InChI is InChI=1S/C14H19NO2S/c1-14(2,13(16)17)11-7-18-12(15-11)10-6-8-3-4-9(10)5-8/h7-10H,3-6H2,1-2H3,(H,16,17). The van der Waals surface area contributed by atoms with Crippen LogP contribution in [0.4, 0.5) is 0 Å². The third kappa shape index (κ3) is 1.78. The topological polar surface area (TPSA) is 50.2 Å². The number of carbonyl (C=O) groups is 1. The zero-order valence-electron chi connectivity index (χ0n) is 10.8. The summed E-state index contributed by atoms with van der Waals surface area (Å²) < 4.78 is 0. The quantitative estimate of drug-likeness (QED) is 0.911. The van der Waals surface area contributed by atoms with Gasteiger partial charge in [-0.3, -0.25) is 4.79 Å². The molecule has 2 fully saturated rings. The Balaban J connectivity index is 1.84. The Bertz CT molecular complexity index is 480. The summed E-state index contributed by atoms with van der Waals surface area (Å²) in [6, 6.07) is 0. The van der Waals surface area contributed by atoms with E-state index in [0.29, 0.717) is 5.92 Å². The molecular weight excluding hydrogens is 246 g/mol. The van der Waals surface area contributed by atoms with Gasteiger partial charge in [0.1, 0.15) is 5.41 Å². The lowest BCUT2D eigenvalue weighted by Crippen LogP contribution is -2.29. The Morgan fingerprint density at radius 3 is 2.78 bits per heavy atom. The number of nitrogens with zero attached hydrogens (tertiary/aromatic N) is 1. The number of carboxylic acid groups (broad SMARTS) is 1. The number of aromatic nitrogens is 1. The molecule has 0 saturated heterocycles. The Kier molecular flexibility index (Phi) is 2.73. The summed E-state index contributed by atoms with van der Waals surface area (Å²) >= 11 is 1.66. The van der Waals surface area contributed by atoms with E-state index >= 15 is 0 Å². The molecule has 0 spiro atoms. The van der Waals surface area contributed by atoms with Crippen molar-refractivity contribution < 1.29 is 9.90 Å². The summed E-state index contributed by atoms with van der Waals surface area (Å²) in [5, 5.41) is 12.4. The first-order chi connectivity index (χ1) is 8.48. The summed E-state index contributed by atoms with van der Waals surface area (Å²) in [7, 11) is 0. The maximum atomic E-state index is 11.2. The van der Waals surface area contributed by atoms with Gasteiger partial charge in [-0.1, -0.05) is 6.42 Å². The minimum atomic E-state index is -0.869. The Labute approximate surface area is 111 Å². The van der Waals surface area contributed by atoms with E-state index in [1.54, 1.807) is 25.2 Å². The molecule has 2 saturated carbocycles. The fourth-order valence-electron chi connectivity index (χ4n) is 3.40. The number of hydrogen-bond acceptors (Lipinski definition) is 3. The maximum absolute atomic E-state index is 11.2. The van der Waals surface area contributed by atoms with Crippen LogP contribution in [0.5, 0.6) is 0 Å². The van der Waals surface area contributed by atoms with Gasteiger partial charge in [-0.25, -0.2) is 4.98 Å². The van der Waals surface area contributed by atoms with Crippen molar-refractivity contribution in [1.82, 2.24) is 4.98 Å². The number of carboxylic acids is 1. The summed E-state index contributed by atoms with van der Waals surface area (Å²) in [6.45, 7) is 3.46. The first-order valence-corrected chi connectivity index (χ1v) is 7.55. The van der Waals surface area contributed by atoms with Crippen molar-refractivity contribution in [2.45, 2.75) is 50.9 Å². The van der Waals surface area contributed by atoms with Gasteiger partial charge in [0.05, 0.1) is 10.7 Å². The van der Waals surface area contributed by atoms with Gasteiger partial charge in [0.25, 0.3) is 0 Å². The van der Waals surface area contributed by atoms with Crippen molar-refractivity contribution >= 4 is 17.3 Å². The van der Waals surface area contributed by atoms with Gasteiger partial charge in [-0.15, -0.1) is 11.3 Å². The van der Waals surface area contributed by atoms with Crippen molar-refractivity contribution in [1.29, 1.82) is 0 Å². The normalized spacial score (nSPS) is 30.9. The van der Waals surface area contributed by atoms with E-state index in [-0.39, 0.29) is 0 Å². The third-order valence-electron chi connectivity index (χ3n) is 4.75. The van der Waals surface area contributed by atoms with Gasteiger partial charge in [0.15, 0.2) is 0 Å². The highest BCUT2D eigenvalue weighted by molar-refractivity contribution is 7.09. The molecule has 1 aromatic rings. The van der Waals surface area contributed by atoms with Crippen molar-refractivity contribution in [3.8, 4) is 0 Å². The van der Waals surface area contributed by atoms with Crippen molar-refractivity contribution in [2.75, 3.05) is 0 Å². The monoisotopic (exact) mass is 265 g/mol. The highest BCUT2D eigenvalue weighted by Gasteiger charge is 2.42. The zero-order chi connectivity index (χ0) is 12.9. The molecule has 0 aromatic carbocycles. The van der Waals surface area contributed by atoms with Crippen LogP contribution in [0.3, 0.4) is 0 Å². The van der Waals surface area contributed by atoms with Gasteiger partial charge < -0.3 is 5.11 Å². The van der Waals surface area contributed by atoms with Crippen LogP contribution in [0.25, 0.3) is 0 Å². The molecule has 2 bridgehead atoms. The molecule has 3 atom stereocenters. The van der Waals surface area contributed by atoms with Crippen LogP contribution in [0, 0.1) is 11.8 Å². The predicted octanol–water partition coefficient (Wildman–Crippen LogP) is 3.41. The lowest BCUT2D eigenvalue weighted by atomic mass is 9.88. The van der Waals surface area contributed by atoms with Crippen LogP contribution in [0.1, 0.15) is 56.2 Å². The van der Waals surface area contributed by atoms with Gasteiger partial charge in [-0.2, -0.15) is 0 Å². The first-order valence-electron chi connectivity index (χ1n) is 6.67. The first kappa shape index (κ1) is 12.2. The number of fused-ring (bicyclic) bond motifs is 2. The summed E-state index contributed by atoms with van der Waals surface area (Å²) in [4.78, 5) is 15.9. The largest absolute Gasteiger partial charge is 0.481 e. The molecule has 3 unspecified atom stereocenters. The van der Waals surface area contributed by atoms with Crippen molar-refractivity contribution in [2.24, 2.45) is 11.8 Å². The molecule has 98 valence electrons. The second kappa shape index (κ2) is 4.05. The average Bonchev–Trinajstić information content (AvgIpc) is 3.04. The highest BCUT2D eigenvalue weighted by Crippen LogP contribution is 2.53. The van der Waals surface area contributed by atoms with Crippen LogP contribution in [-0.2, 0) is 10.2 Å². The van der Waals surface area contributed by atoms with E-state index in [2.05, 4.69) is 4.98 Å². The second-order valence-electron chi connectivity index (χ2n) is 6.28. The van der Waals surface area contributed by atoms with Crippen LogP contribution < -0.4 is 0 Å². The van der Waals surface area contributed by atoms with Gasteiger partial charge >= 0.3 is 5.97 Å². The molecular formula is C14H19NO2S. The predicted molar refractivity (Wildman–Crippen MR) is 71.0 cm³/mol. The van der Waals surface area contributed by atoms with Crippen molar-refractivity contribution in [3.63, 3.8) is 0 Å². The molecule has 0 aliphatic heterocycles. The smallest absolute Gasteiger partial charge is 0.315 e. The second-order valence-corrected chi connectivity index (χ2v) is 7.17. The van der Waals surface area contributed by atoms with Crippen LogP contribution in [0.15, 0.2) is 5.38 Å². The summed E-state index contributed by atoms with van der Waals surface area (Å²) in [5.74, 6) is 1.51. The Morgan fingerprint density at radius 2 is 2.22 bits per heavy atom. The van der Waals surface area contributed by atoms with Crippen LogP contribution in [0.2, 0.25) is 0 Å². The molecule has 4 heteroatoms. The van der Waals surface area contributed by atoms with Gasteiger partial charge in [0.2, 0.25) is 0 Å². The molecule has 18 heavy (non-hydrogen) atoms. The lowest BCUT2D eigenvalue weighted by Gasteiger charge is -2.20. The molecule has 3 rings (SSSR count). The fourth-order valence-corrected chi connectivity index (χ4v) is 4.60. The minimum absolute atomic E-state index is 0.604. The minimum Gasteiger partial charge on any atom is -0.481 e. The molecule has 3 nitrogen and oxygen atoms in total. The van der Waals surface area contributed by atoms with Gasteiger partial charge in [0, 0.05) is 11.3 Å². The van der Waals surface area contributed by atoms with Crippen LogP contribution >= 0.6 is 11.3 Å². The molecule has 2 aliphatic carbocycles. The van der Waals surface area contributed by atoms with E-state index in [1.165, 1.54) is 30.7 Å². The molecule has 1 aromatic heterocycles. The maximum Gasteiger partial charge on any atom is 0.315 e. The fraction of sp³-hybridized carbons (Fsp3) is 0.714. The molecule has 2 aliphatic rings. The summed E-state index contributed by atoms with van der Waals surface area (Å²) in [6.07, 6.45) is 5.36. The summed E-state index contributed by atoms with van der Waals surface area (Å²) in [5.41, 5.74) is -0.149. The number of rotatable bonds is 3. The SMILES string of the molecule is CC(C)(C(=O)O)c1csc(C2CC3CCC2C3)n1. The van der Waals surface area contributed by atoms with Crippen LogP contribution in [-0.4, -0.2) is 16.1 Å². The molecule has 0 radical (unpaired) electrons. The van der Waals surface area contributed by atoms with Gasteiger partial charge in [-0.05, 0) is 44.9 Å². The number of hydrogen-bond donors (Lipinski definition) is 1. The van der Waals surface area contributed by atoms with E-state index in [1.807, 2.05) is 5.38 Å². The number of aliphatic carboxylic acids is 1. The molecule has 0 amide bonds.